The number of fused-ring (bicyclic) bond motifs is 2. The van der Waals surface area contributed by atoms with Crippen LogP contribution in [-0.4, -0.2) is 0 Å². The lowest BCUT2D eigenvalue weighted by Crippen LogP contribution is -1.72. The molecule has 0 amide bonds. The molecule has 0 N–H and O–H groups in total. The zero-order valence-electron chi connectivity index (χ0n) is 8.08. The summed E-state index contributed by atoms with van der Waals surface area (Å²) in [5.74, 6) is 0. The Morgan fingerprint density at radius 2 is 2.13 bits per heavy atom. The summed E-state index contributed by atoms with van der Waals surface area (Å²) in [4.78, 5) is 0. The first-order valence-electron chi connectivity index (χ1n) is 4.64. The van der Waals surface area contributed by atoms with Crippen LogP contribution < -0.4 is 0 Å². The standard InChI is InChI=1S/C12H8BrS2/c1-7-2-3-10-8(4-7)5-11-12(15-10)9(13)6-14-11/h2-6H,1H3/q+1. The van der Waals surface area contributed by atoms with E-state index in [0.29, 0.717) is 0 Å². The van der Waals surface area contributed by atoms with Crippen molar-refractivity contribution in [3.63, 3.8) is 0 Å². The Hall–Kier alpha value is -0.510. The molecule has 0 aliphatic heterocycles. The smallest absolute Gasteiger partial charge is 0.137 e. The Morgan fingerprint density at radius 1 is 1.27 bits per heavy atom. The van der Waals surface area contributed by atoms with Crippen molar-refractivity contribution in [1.82, 2.24) is 0 Å². The molecule has 2 heterocycles. The fourth-order valence-corrected chi connectivity index (χ4v) is 4.54. The summed E-state index contributed by atoms with van der Waals surface area (Å²) in [6, 6.07) is 8.91. The van der Waals surface area contributed by atoms with E-state index in [2.05, 4.69) is 52.5 Å². The van der Waals surface area contributed by atoms with Crippen LogP contribution in [0.4, 0.5) is 0 Å². The van der Waals surface area contributed by atoms with E-state index < -0.39 is 0 Å². The van der Waals surface area contributed by atoms with Gasteiger partial charge in [0, 0.05) is 16.8 Å². The molecular weight excluding hydrogens is 288 g/mol. The predicted molar refractivity (Wildman–Crippen MR) is 74.1 cm³/mol. The maximum Gasteiger partial charge on any atom is 0.263 e. The van der Waals surface area contributed by atoms with Gasteiger partial charge in [0.25, 0.3) is 4.70 Å². The van der Waals surface area contributed by atoms with Crippen LogP contribution in [0.25, 0.3) is 19.5 Å². The van der Waals surface area contributed by atoms with Crippen LogP contribution in [0.15, 0.2) is 34.1 Å². The molecule has 0 fully saturated rings. The van der Waals surface area contributed by atoms with Crippen molar-refractivity contribution in [2.24, 2.45) is 0 Å². The molecule has 0 spiro atoms. The van der Waals surface area contributed by atoms with Crippen molar-refractivity contribution in [3.8, 4) is 0 Å². The van der Waals surface area contributed by atoms with Gasteiger partial charge >= 0.3 is 0 Å². The summed E-state index contributed by atoms with van der Waals surface area (Å²) in [6.07, 6.45) is 0. The van der Waals surface area contributed by atoms with E-state index in [9.17, 15) is 0 Å². The third-order valence-corrected chi connectivity index (χ3v) is 5.88. The van der Waals surface area contributed by atoms with Crippen LogP contribution in [0.3, 0.4) is 0 Å². The molecule has 1 aromatic carbocycles. The van der Waals surface area contributed by atoms with E-state index in [-0.39, 0.29) is 0 Å². The molecule has 0 saturated carbocycles. The minimum absolute atomic E-state index is 1.22. The van der Waals surface area contributed by atoms with Crippen LogP contribution in [-0.2, 0) is 0 Å². The average Bonchev–Trinajstić information content (AvgIpc) is 2.57. The number of thiophene rings is 1. The van der Waals surface area contributed by atoms with E-state index in [0.717, 1.165) is 0 Å². The van der Waals surface area contributed by atoms with Crippen LogP contribution in [0, 0.1) is 6.92 Å². The van der Waals surface area contributed by atoms with Gasteiger partial charge in [-0.1, -0.05) is 11.6 Å². The first kappa shape index (κ1) is 9.70. The molecule has 3 heteroatoms. The lowest BCUT2D eigenvalue weighted by Gasteiger charge is -1.91. The molecule has 3 rings (SSSR count). The van der Waals surface area contributed by atoms with Crippen LogP contribution in [0.1, 0.15) is 5.56 Å². The molecule has 0 aliphatic carbocycles. The van der Waals surface area contributed by atoms with E-state index in [4.69, 9.17) is 0 Å². The predicted octanol–water partition coefficient (Wildman–Crippen LogP) is 5.47. The zero-order valence-corrected chi connectivity index (χ0v) is 11.3. The van der Waals surface area contributed by atoms with Gasteiger partial charge in [-0.3, -0.25) is 0 Å². The summed E-state index contributed by atoms with van der Waals surface area (Å²) in [7, 11) is 0. The molecule has 0 radical (unpaired) electrons. The van der Waals surface area contributed by atoms with Crippen LogP contribution >= 0.6 is 38.6 Å². The second-order valence-electron chi connectivity index (χ2n) is 3.56. The van der Waals surface area contributed by atoms with Crippen LogP contribution in [0.5, 0.6) is 0 Å². The van der Waals surface area contributed by atoms with Gasteiger partial charge in [-0.05, 0) is 35.0 Å². The van der Waals surface area contributed by atoms with Gasteiger partial charge in [-0.25, -0.2) is 0 Å². The Balaban J connectivity index is 2.49. The monoisotopic (exact) mass is 295 g/mol. The van der Waals surface area contributed by atoms with E-state index >= 15 is 0 Å². The first-order chi connectivity index (χ1) is 7.24. The van der Waals surface area contributed by atoms with Gasteiger partial charge in [0.1, 0.15) is 0 Å². The molecule has 0 bridgehead atoms. The third-order valence-electron chi connectivity index (χ3n) is 2.39. The van der Waals surface area contributed by atoms with Crippen molar-refractivity contribution < 1.29 is 0 Å². The molecule has 74 valence electrons. The third kappa shape index (κ3) is 1.59. The minimum atomic E-state index is 1.22. The summed E-state index contributed by atoms with van der Waals surface area (Å²) < 4.78 is 5.29. The number of rotatable bonds is 0. The highest BCUT2D eigenvalue weighted by atomic mass is 79.9. The normalized spacial score (nSPS) is 11.3. The summed E-state index contributed by atoms with van der Waals surface area (Å²) in [5.41, 5.74) is 1.32. The fraction of sp³-hybridized carbons (Fsp3) is 0.0833. The van der Waals surface area contributed by atoms with Crippen molar-refractivity contribution in [1.29, 1.82) is 0 Å². The van der Waals surface area contributed by atoms with Crippen molar-refractivity contribution in [2.75, 3.05) is 0 Å². The molecule has 0 saturated heterocycles. The lowest BCUT2D eigenvalue weighted by molar-refractivity contribution is 1.51. The highest BCUT2D eigenvalue weighted by Crippen LogP contribution is 2.37. The summed E-state index contributed by atoms with van der Waals surface area (Å²) >= 11 is 7.24. The van der Waals surface area contributed by atoms with Gasteiger partial charge in [-0.2, -0.15) is 0 Å². The Morgan fingerprint density at radius 3 is 3.00 bits per heavy atom. The van der Waals surface area contributed by atoms with E-state index in [1.165, 1.54) is 29.5 Å². The maximum atomic E-state index is 3.59. The first-order valence-corrected chi connectivity index (χ1v) is 7.13. The minimum Gasteiger partial charge on any atom is -0.137 e. The quantitative estimate of drug-likeness (QED) is 0.483. The second-order valence-corrected chi connectivity index (χ2v) is 6.38. The van der Waals surface area contributed by atoms with E-state index in [1.54, 1.807) is 11.3 Å². The number of benzene rings is 1. The molecule has 0 aliphatic rings. The molecule has 2 aromatic heterocycles. The van der Waals surface area contributed by atoms with Gasteiger partial charge < -0.3 is 0 Å². The summed E-state index contributed by atoms with van der Waals surface area (Å²) in [6.45, 7) is 2.14. The number of halogens is 1. The van der Waals surface area contributed by atoms with Gasteiger partial charge in [0.2, 0.25) is 16.0 Å². The van der Waals surface area contributed by atoms with Gasteiger partial charge in [0.15, 0.2) is 0 Å². The highest BCUT2D eigenvalue weighted by molar-refractivity contribution is 9.10. The maximum absolute atomic E-state index is 3.59. The molecular formula is C12H8BrS2+. The molecule has 0 atom stereocenters. The van der Waals surface area contributed by atoms with Gasteiger partial charge in [0.05, 0.1) is 9.17 Å². The number of hydrogen-bond acceptors (Lipinski definition) is 1. The topological polar surface area (TPSA) is 0 Å². The average molecular weight is 296 g/mol. The Kier molecular flexibility index (Phi) is 2.27. The molecule has 3 aromatic rings. The molecule has 0 nitrogen and oxygen atoms in total. The van der Waals surface area contributed by atoms with Crippen LogP contribution in [0.2, 0.25) is 0 Å². The second kappa shape index (κ2) is 3.51. The highest BCUT2D eigenvalue weighted by Gasteiger charge is 2.15. The molecule has 15 heavy (non-hydrogen) atoms. The van der Waals surface area contributed by atoms with Gasteiger partial charge in [-0.15, -0.1) is 11.3 Å². The number of hydrogen-bond donors (Lipinski definition) is 0. The largest absolute Gasteiger partial charge is 0.263 e. The van der Waals surface area contributed by atoms with Crippen molar-refractivity contribution >= 4 is 58.1 Å². The molecule has 0 unspecified atom stereocenters. The number of aryl methyl sites for hydroxylation is 1. The Bertz CT molecular complexity index is 655. The fourth-order valence-electron chi connectivity index (χ4n) is 1.66. The SMILES string of the molecule is Cc1ccc2[s+]c3c(Br)csc3cc2c1. The van der Waals surface area contributed by atoms with Crippen molar-refractivity contribution in [3.05, 3.63) is 39.7 Å². The lowest BCUT2D eigenvalue weighted by atomic mass is 10.2. The Labute approximate surface area is 104 Å². The zero-order chi connectivity index (χ0) is 10.4. The van der Waals surface area contributed by atoms with Crippen molar-refractivity contribution in [2.45, 2.75) is 6.92 Å². The van der Waals surface area contributed by atoms with E-state index in [1.807, 2.05) is 11.3 Å². The summed E-state index contributed by atoms with van der Waals surface area (Å²) in [5, 5.41) is 3.51.